The maximum absolute atomic E-state index is 13.6. The number of carbonyl (C=O) groups is 2. The fraction of sp³-hybridized carbons (Fsp3) is 0.407. The first-order valence-corrected chi connectivity index (χ1v) is 12.1. The second-order valence-electron chi connectivity index (χ2n) is 10.3. The fourth-order valence-electron chi connectivity index (χ4n) is 4.66. The summed E-state index contributed by atoms with van der Waals surface area (Å²) in [6.45, 7) is 5.48. The summed E-state index contributed by atoms with van der Waals surface area (Å²) in [7, 11) is 0. The molecule has 1 saturated carbocycles. The summed E-state index contributed by atoms with van der Waals surface area (Å²) in [6.07, 6.45) is 7.16. The maximum Gasteiger partial charge on any atom is 0.435 e. The standard InChI is InChI=1S/C27H30N4O4/c1-27(2,3)35-26(34)30-17-19-16-22(13-14-23(19)28-30)31(21-11-12-21)25(33)18-7-9-20(10-8-18)29-15-5-4-6-24(29)32/h4-10,15,17,21-22H,11-14,16H2,1-3H3. The van der Waals surface area contributed by atoms with E-state index in [1.165, 1.54) is 10.7 Å². The molecule has 8 nitrogen and oxygen atoms in total. The van der Waals surface area contributed by atoms with Crippen LogP contribution in [0.5, 0.6) is 0 Å². The largest absolute Gasteiger partial charge is 0.442 e. The van der Waals surface area contributed by atoms with Crippen molar-refractivity contribution in [1.29, 1.82) is 0 Å². The van der Waals surface area contributed by atoms with Gasteiger partial charge in [-0.1, -0.05) is 6.07 Å². The van der Waals surface area contributed by atoms with Crippen LogP contribution in [0.4, 0.5) is 4.79 Å². The van der Waals surface area contributed by atoms with Gasteiger partial charge >= 0.3 is 6.09 Å². The van der Waals surface area contributed by atoms with Gasteiger partial charge in [0.2, 0.25) is 0 Å². The quantitative estimate of drug-likeness (QED) is 0.571. The number of hydrogen-bond acceptors (Lipinski definition) is 5. The first-order chi connectivity index (χ1) is 16.7. The molecule has 8 heteroatoms. The van der Waals surface area contributed by atoms with Crippen LogP contribution in [-0.2, 0) is 17.6 Å². The molecule has 0 spiro atoms. The van der Waals surface area contributed by atoms with Crippen LogP contribution in [0.3, 0.4) is 0 Å². The molecule has 1 unspecified atom stereocenters. The molecule has 0 N–H and O–H groups in total. The van der Waals surface area contributed by atoms with E-state index in [1.807, 2.05) is 37.8 Å². The smallest absolute Gasteiger partial charge is 0.435 e. The molecular weight excluding hydrogens is 444 g/mol. The highest BCUT2D eigenvalue weighted by molar-refractivity contribution is 5.95. The predicted octanol–water partition coefficient (Wildman–Crippen LogP) is 3.98. The molecular formula is C27H30N4O4. The monoisotopic (exact) mass is 474 g/mol. The Balaban J connectivity index is 1.34. The first-order valence-electron chi connectivity index (χ1n) is 12.1. The van der Waals surface area contributed by atoms with Crippen molar-refractivity contribution >= 4 is 12.0 Å². The molecule has 0 bridgehead atoms. The zero-order chi connectivity index (χ0) is 24.7. The Hall–Kier alpha value is -3.68. The summed E-state index contributed by atoms with van der Waals surface area (Å²) in [4.78, 5) is 40.2. The minimum absolute atomic E-state index is 0.00689. The number of aryl methyl sites for hydroxylation is 1. The molecule has 35 heavy (non-hydrogen) atoms. The molecule has 2 heterocycles. The molecule has 1 amide bonds. The molecule has 3 aromatic rings. The van der Waals surface area contributed by atoms with Crippen molar-refractivity contribution < 1.29 is 14.3 Å². The van der Waals surface area contributed by atoms with Crippen LogP contribution >= 0.6 is 0 Å². The van der Waals surface area contributed by atoms with Crippen molar-refractivity contribution in [2.45, 2.75) is 70.6 Å². The van der Waals surface area contributed by atoms with Crippen molar-refractivity contribution in [2.75, 3.05) is 0 Å². The molecule has 0 aliphatic heterocycles. The average molecular weight is 475 g/mol. The Bertz CT molecular complexity index is 1310. The van der Waals surface area contributed by atoms with Crippen LogP contribution in [0.15, 0.2) is 59.7 Å². The summed E-state index contributed by atoms with van der Waals surface area (Å²) in [5, 5.41) is 4.45. The Morgan fingerprint density at radius 2 is 1.77 bits per heavy atom. The zero-order valence-corrected chi connectivity index (χ0v) is 20.3. The first kappa shape index (κ1) is 23.1. The van der Waals surface area contributed by atoms with Gasteiger partial charge in [-0.15, -0.1) is 0 Å². The van der Waals surface area contributed by atoms with Crippen LogP contribution in [0.1, 0.15) is 61.6 Å². The Labute approximate surface area is 204 Å². The molecule has 2 aliphatic carbocycles. The number of pyridine rings is 1. The van der Waals surface area contributed by atoms with Gasteiger partial charge in [0.25, 0.3) is 11.5 Å². The third-order valence-corrected chi connectivity index (χ3v) is 6.41. The Morgan fingerprint density at radius 3 is 2.43 bits per heavy atom. The van der Waals surface area contributed by atoms with Gasteiger partial charge in [0.05, 0.1) is 5.69 Å². The van der Waals surface area contributed by atoms with Gasteiger partial charge in [-0.25, -0.2) is 4.79 Å². The maximum atomic E-state index is 13.6. The molecule has 1 fully saturated rings. The van der Waals surface area contributed by atoms with Gasteiger partial charge in [-0.2, -0.15) is 9.78 Å². The number of benzene rings is 1. The van der Waals surface area contributed by atoms with E-state index in [9.17, 15) is 14.4 Å². The van der Waals surface area contributed by atoms with Gasteiger partial charge in [-0.3, -0.25) is 14.2 Å². The van der Waals surface area contributed by atoms with Crippen LogP contribution in [-0.4, -0.2) is 48.9 Å². The summed E-state index contributed by atoms with van der Waals surface area (Å²) in [6, 6.07) is 12.5. The molecule has 2 aromatic heterocycles. The summed E-state index contributed by atoms with van der Waals surface area (Å²) < 4.78 is 8.28. The molecule has 182 valence electrons. The highest BCUT2D eigenvalue weighted by atomic mass is 16.6. The lowest BCUT2D eigenvalue weighted by atomic mass is 9.91. The van der Waals surface area contributed by atoms with Crippen LogP contribution in [0.25, 0.3) is 5.69 Å². The third kappa shape index (κ3) is 4.92. The lowest BCUT2D eigenvalue weighted by Gasteiger charge is -2.34. The Kier molecular flexibility index (Phi) is 5.83. The molecule has 1 aromatic carbocycles. The van der Waals surface area contributed by atoms with Gasteiger partial charge in [0.1, 0.15) is 5.60 Å². The van der Waals surface area contributed by atoms with Crippen molar-refractivity contribution in [1.82, 2.24) is 19.2 Å². The number of amides is 1. The van der Waals surface area contributed by atoms with E-state index >= 15 is 0 Å². The highest BCUT2D eigenvalue weighted by Crippen LogP contribution is 2.35. The SMILES string of the molecule is CC(C)(C)OC(=O)n1cc2c(n1)CCC(N(C(=O)c1ccc(-n3ccccc3=O)cc1)C1CC1)C2. The molecule has 0 saturated heterocycles. The van der Waals surface area contributed by atoms with Crippen LogP contribution < -0.4 is 5.56 Å². The normalized spacial score (nSPS) is 17.5. The summed E-state index contributed by atoms with van der Waals surface area (Å²) >= 11 is 0. The van der Waals surface area contributed by atoms with Crippen molar-refractivity contribution in [3.8, 4) is 5.69 Å². The number of ether oxygens (including phenoxy) is 1. The molecule has 0 radical (unpaired) electrons. The second kappa shape index (κ2) is 8.83. The number of rotatable bonds is 4. The van der Waals surface area contributed by atoms with Crippen LogP contribution in [0, 0.1) is 0 Å². The van der Waals surface area contributed by atoms with Crippen molar-refractivity contribution in [3.05, 3.63) is 82.0 Å². The van der Waals surface area contributed by atoms with Gasteiger partial charge in [-0.05, 0) is 88.8 Å². The van der Waals surface area contributed by atoms with E-state index in [4.69, 9.17) is 4.74 Å². The number of aromatic nitrogens is 3. The zero-order valence-electron chi connectivity index (χ0n) is 20.3. The fourth-order valence-corrected chi connectivity index (χ4v) is 4.66. The minimum atomic E-state index is -0.592. The lowest BCUT2D eigenvalue weighted by Crippen LogP contribution is -2.44. The van der Waals surface area contributed by atoms with E-state index in [0.717, 1.165) is 36.2 Å². The predicted molar refractivity (Wildman–Crippen MR) is 131 cm³/mol. The number of carbonyl (C=O) groups excluding carboxylic acids is 2. The van der Waals surface area contributed by atoms with E-state index in [2.05, 4.69) is 5.10 Å². The van der Waals surface area contributed by atoms with Crippen LogP contribution in [0.2, 0.25) is 0 Å². The number of hydrogen-bond donors (Lipinski definition) is 0. The third-order valence-electron chi connectivity index (χ3n) is 6.41. The summed E-state index contributed by atoms with van der Waals surface area (Å²) in [5.74, 6) is 0.00689. The van der Waals surface area contributed by atoms with Gasteiger partial charge in [0.15, 0.2) is 0 Å². The average Bonchev–Trinajstić information content (AvgIpc) is 3.55. The molecule has 2 aliphatic rings. The summed E-state index contributed by atoms with van der Waals surface area (Å²) in [5.41, 5.74) is 2.51. The van der Waals surface area contributed by atoms with Crippen molar-refractivity contribution in [3.63, 3.8) is 0 Å². The topological polar surface area (TPSA) is 86.4 Å². The van der Waals surface area contributed by atoms with E-state index in [-0.39, 0.29) is 23.6 Å². The lowest BCUT2D eigenvalue weighted by molar-refractivity contribution is 0.0513. The van der Waals surface area contributed by atoms with Gasteiger partial charge < -0.3 is 9.64 Å². The second-order valence-corrected chi connectivity index (χ2v) is 10.3. The number of nitrogens with zero attached hydrogens (tertiary/aromatic N) is 4. The van der Waals surface area contributed by atoms with E-state index in [1.54, 1.807) is 41.2 Å². The molecule has 1 atom stereocenters. The van der Waals surface area contributed by atoms with E-state index < -0.39 is 11.7 Å². The van der Waals surface area contributed by atoms with Gasteiger partial charge in [0, 0.05) is 41.8 Å². The van der Waals surface area contributed by atoms with E-state index in [0.29, 0.717) is 18.4 Å². The van der Waals surface area contributed by atoms with Crippen molar-refractivity contribution in [2.24, 2.45) is 0 Å². The number of fused-ring (bicyclic) bond motifs is 1. The highest BCUT2D eigenvalue weighted by Gasteiger charge is 2.39. The Morgan fingerprint density at radius 1 is 1.03 bits per heavy atom. The minimum Gasteiger partial charge on any atom is -0.442 e. The molecule has 5 rings (SSSR count).